The number of ether oxygens (including phenoxy) is 1. The van der Waals surface area contributed by atoms with Gasteiger partial charge in [0.2, 0.25) is 0 Å². The SMILES string of the molecule is CCOC(=O)c1cccnc1NCC[C@@H](c1ccc(Cl)cc1)C(F)(F)F. The van der Waals surface area contributed by atoms with Gasteiger partial charge >= 0.3 is 12.1 Å². The number of aromatic nitrogens is 1. The van der Waals surface area contributed by atoms with Gasteiger partial charge in [0.1, 0.15) is 11.4 Å². The van der Waals surface area contributed by atoms with Gasteiger partial charge in [-0.3, -0.25) is 0 Å². The van der Waals surface area contributed by atoms with Crippen LogP contribution in [0.1, 0.15) is 35.2 Å². The number of hydrogen-bond donors (Lipinski definition) is 1. The van der Waals surface area contributed by atoms with Crippen LogP contribution in [0.3, 0.4) is 0 Å². The number of carbonyl (C=O) groups is 1. The van der Waals surface area contributed by atoms with Gasteiger partial charge < -0.3 is 10.1 Å². The quantitative estimate of drug-likeness (QED) is 0.676. The highest BCUT2D eigenvalue weighted by atomic mass is 35.5. The number of carbonyl (C=O) groups excluding carboxylic acids is 1. The van der Waals surface area contributed by atoms with Crippen molar-refractivity contribution in [2.24, 2.45) is 0 Å². The standard InChI is InChI=1S/C18H18ClF3N2O2/c1-2-26-17(25)14-4-3-10-23-16(14)24-11-9-15(18(20,21)22)12-5-7-13(19)8-6-12/h3-8,10,15H,2,9,11H2,1H3,(H,23,24)/t15-/m0/s1. The molecule has 1 N–H and O–H groups in total. The molecule has 0 saturated carbocycles. The summed E-state index contributed by atoms with van der Waals surface area (Å²) in [6.07, 6.45) is -3.17. The Morgan fingerprint density at radius 3 is 2.58 bits per heavy atom. The summed E-state index contributed by atoms with van der Waals surface area (Å²) in [5.74, 6) is -2.03. The van der Waals surface area contributed by atoms with Crippen molar-refractivity contribution in [2.75, 3.05) is 18.5 Å². The molecule has 1 atom stereocenters. The first-order valence-corrected chi connectivity index (χ1v) is 8.39. The first kappa shape index (κ1) is 20.0. The zero-order valence-corrected chi connectivity index (χ0v) is 14.8. The number of alkyl halides is 3. The van der Waals surface area contributed by atoms with Crippen LogP contribution in [0.2, 0.25) is 5.02 Å². The third-order valence-corrected chi connectivity index (χ3v) is 3.95. The second-order valence-electron chi connectivity index (χ2n) is 5.48. The van der Waals surface area contributed by atoms with Crippen LogP contribution in [-0.2, 0) is 4.74 Å². The molecule has 2 aromatic rings. The highest BCUT2D eigenvalue weighted by Gasteiger charge is 2.40. The largest absolute Gasteiger partial charge is 0.462 e. The van der Waals surface area contributed by atoms with Crippen LogP contribution in [0.4, 0.5) is 19.0 Å². The number of nitrogens with one attached hydrogen (secondary N) is 1. The molecule has 4 nitrogen and oxygen atoms in total. The molecule has 8 heteroatoms. The number of pyridine rings is 1. The van der Waals surface area contributed by atoms with E-state index in [2.05, 4.69) is 10.3 Å². The van der Waals surface area contributed by atoms with E-state index < -0.39 is 18.1 Å². The molecule has 1 heterocycles. The Labute approximate surface area is 154 Å². The summed E-state index contributed by atoms with van der Waals surface area (Å²) >= 11 is 5.74. The van der Waals surface area contributed by atoms with E-state index in [0.717, 1.165) is 0 Å². The van der Waals surface area contributed by atoms with E-state index >= 15 is 0 Å². The van der Waals surface area contributed by atoms with Crippen molar-refractivity contribution in [1.29, 1.82) is 0 Å². The molecule has 0 spiro atoms. The second-order valence-corrected chi connectivity index (χ2v) is 5.92. The lowest BCUT2D eigenvalue weighted by atomic mass is 9.95. The number of hydrogen-bond acceptors (Lipinski definition) is 4. The van der Waals surface area contributed by atoms with Crippen molar-refractivity contribution in [3.8, 4) is 0 Å². The third-order valence-electron chi connectivity index (χ3n) is 3.70. The van der Waals surface area contributed by atoms with Gasteiger partial charge in [0, 0.05) is 17.8 Å². The molecule has 0 aliphatic heterocycles. The fraction of sp³-hybridized carbons (Fsp3) is 0.333. The molecular formula is C18H18ClF3N2O2. The first-order valence-electron chi connectivity index (χ1n) is 8.01. The average Bonchev–Trinajstić information content (AvgIpc) is 2.59. The Balaban J connectivity index is 2.09. The molecule has 0 fully saturated rings. The van der Waals surface area contributed by atoms with Crippen molar-refractivity contribution < 1.29 is 22.7 Å². The van der Waals surface area contributed by atoms with Crippen LogP contribution in [0.25, 0.3) is 0 Å². The van der Waals surface area contributed by atoms with Gasteiger partial charge in [0.25, 0.3) is 0 Å². The maximum absolute atomic E-state index is 13.4. The molecular weight excluding hydrogens is 369 g/mol. The number of halogens is 4. The highest BCUT2D eigenvalue weighted by molar-refractivity contribution is 6.30. The Hall–Kier alpha value is -2.28. The summed E-state index contributed by atoms with van der Waals surface area (Å²) in [4.78, 5) is 15.9. The van der Waals surface area contributed by atoms with Crippen LogP contribution in [-0.4, -0.2) is 30.3 Å². The smallest absolute Gasteiger partial charge is 0.395 e. The molecule has 140 valence electrons. The van der Waals surface area contributed by atoms with Gasteiger partial charge in [-0.2, -0.15) is 13.2 Å². The lowest BCUT2D eigenvalue weighted by Crippen LogP contribution is -2.24. The molecule has 0 saturated heterocycles. The Morgan fingerprint density at radius 1 is 1.27 bits per heavy atom. The number of anilines is 1. The summed E-state index contributed by atoms with van der Waals surface area (Å²) in [6, 6.07) is 8.66. The van der Waals surface area contributed by atoms with Gasteiger partial charge in [0.05, 0.1) is 12.5 Å². The van der Waals surface area contributed by atoms with Crippen LogP contribution < -0.4 is 5.32 Å². The van der Waals surface area contributed by atoms with Crippen LogP contribution in [0, 0.1) is 0 Å². The minimum absolute atomic E-state index is 0.0176. The van der Waals surface area contributed by atoms with Gasteiger partial charge in [-0.1, -0.05) is 23.7 Å². The van der Waals surface area contributed by atoms with E-state index in [1.807, 2.05) is 0 Å². The Morgan fingerprint density at radius 2 is 1.96 bits per heavy atom. The van der Waals surface area contributed by atoms with Crippen molar-refractivity contribution in [2.45, 2.75) is 25.4 Å². The molecule has 0 aliphatic rings. The molecule has 0 radical (unpaired) electrons. The predicted molar refractivity (Wildman–Crippen MR) is 93.5 cm³/mol. The zero-order chi connectivity index (χ0) is 19.2. The fourth-order valence-corrected chi connectivity index (χ4v) is 2.60. The molecule has 26 heavy (non-hydrogen) atoms. The summed E-state index contributed by atoms with van der Waals surface area (Å²) in [7, 11) is 0. The van der Waals surface area contributed by atoms with Crippen molar-refractivity contribution in [3.63, 3.8) is 0 Å². The molecule has 0 amide bonds. The van der Waals surface area contributed by atoms with E-state index in [1.54, 1.807) is 13.0 Å². The maximum Gasteiger partial charge on any atom is 0.395 e. The van der Waals surface area contributed by atoms with Crippen molar-refractivity contribution >= 4 is 23.4 Å². The Kier molecular flexibility index (Phi) is 6.85. The minimum Gasteiger partial charge on any atom is -0.462 e. The van der Waals surface area contributed by atoms with E-state index in [4.69, 9.17) is 16.3 Å². The third kappa shape index (κ3) is 5.36. The zero-order valence-electron chi connectivity index (χ0n) is 14.0. The normalized spacial score (nSPS) is 12.5. The number of esters is 1. The molecule has 0 bridgehead atoms. The lowest BCUT2D eigenvalue weighted by Gasteiger charge is -2.21. The molecule has 1 aromatic heterocycles. The van der Waals surface area contributed by atoms with Crippen LogP contribution in [0.5, 0.6) is 0 Å². The summed E-state index contributed by atoms with van der Waals surface area (Å²) < 4.78 is 45.1. The molecule has 2 rings (SSSR count). The van der Waals surface area contributed by atoms with Crippen molar-refractivity contribution in [1.82, 2.24) is 4.98 Å². The lowest BCUT2D eigenvalue weighted by molar-refractivity contribution is -0.151. The van der Waals surface area contributed by atoms with E-state index in [-0.39, 0.29) is 36.5 Å². The summed E-state index contributed by atoms with van der Waals surface area (Å²) in [5, 5.41) is 3.17. The van der Waals surface area contributed by atoms with Gasteiger partial charge in [0.15, 0.2) is 0 Å². The predicted octanol–water partition coefficient (Wildman–Crippen LogP) is 5.06. The topological polar surface area (TPSA) is 51.2 Å². The summed E-state index contributed by atoms with van der Waals surface area (Å²) in [5.41, 5.74) is 0.319. The maximum atomic E-state index is 13.4. The molecule has 1 aromatic carbocycles. The summed E-state index contributed by atoms with van der Waals surface area (Å²) in [6.45, 7) is 1.84. The van der Waals surface area contributed by atoms with Gasteiger partial charge in [-0.05, 0) is 43.2 Å². The van der Waals surface area contributed by atoms with E-state index in [1.165, 1.54) is 36.5 Å². The number of benzene rings is 1. The second kappa shape index (κ2) is 8.89. The monoisotopic (exact) mass is 386 g/mol. The van der Waals surface area contributed by atoms with Crippen molar-refractivity contribution in [3.05, 3.63) is 58.7 Å². The number of rotatable bonds is 7. The minimum atomic E-state index is -4.40. The van der Waals surface area contributed by atoms with Crippen LogP contribution >= 0.6 is 11.6 Å². The van der Waals surface area contributed by atoms with E-state index in [9.17, 15) is 18.0 Å². The van der Waals surface area contributed by atoms with Gasteiger partial charge in [-0.25, -0.2) is 9.78 Å². The highest BCUT2D eigenvalue weighted by Crippen LogP contribution is 2.37. The number of nitrogens with zero attached hydrogens (tertiary/aromatic N) is 1. The average molecular weight is 387 g/mol. The van der Waals surface area contributed by atoms with Gasteiger partial charge in [-0.15, -0.1) is 0 Å². The van der Waals surface area contributed by atoms with Crippen LogP contribution in [0.15, 0.2) is 42.6 Å². The Bertz CT molecular complexity index is 736. The van der Waals surface area contributed by atoms with E-state index in [0.29, 0.717) is 5.02 Å². The fourth-order valence-electron chi connectivity index (χ4n) is 2.47. The first-order chi connectivity index (χ1) is 12.3. The molecule has 0 unspecified atom stereocenters. The molecule has 0 aliphatic carbocycles.